The maximum absolute atomic E-state index is 11.4. The molecule has 0 bridgehead atoms. The number of ether oxygens (including phenoxy) is 1. The Morgan fingerprint density at radius 1 is 1.42 bits per heavy atom. The summed E-state index contributed by atoms with van der Waals surface area (Å²) in [4.78, 5) is 19.4. The highest BCUT2D eigenvalue weighted by Gasteiger charge is 2.06. The molecule has 0 spiro atoms. The van der Waals surface area contributed by atoms with Gasteiger partial charge in [-0.2, -0.15) is 4.98 Å². The lowest BCUT2D eigenvalue weighted by Gasteiger charge is -2.05. The Balaban J connectivity index is 1.83. The van der Waals surface area contributed by atoms with Gasteiger partial charge in [0.2, 0.25) is 6.39 Å². The van der Waals surface area contributed by atoms with Crippen molar-refractivity contribution in [1.82, 2.24) is 15.1 Å². The first kappa shape index (κ1) is 13.0. The molecular formula is C12H14N4O3. The van der Waals surface area contributed by atoms with Crippen LogP contribution in [0.15, 0.2) is 29.2 Å². The van der Waals surface area contributed by atoms with Crippen LogP contribution in [0.1, 0.15) is 23.1 Å². The molecule has 0 fully saturated rings. The molecule has 7 nitrogen and oxygen atoms in total. The van der Waals surface area contributed by atoms with Gasteiger partial charge in [0.25, 0.3) is 0 Å². The molecule has 7 heteroatoms. The zero-order valence-electron chi connectivity index (χ0n) is 10.5. The van der Waals surface area contributed by atoms with Crippen LogP contribution >= 0.6 is 0 Å². The zero-order valence-corrected chi connectivity index (χ0v) is 10.5. The van der Waals surface area contributed by atoms with Crippen molar-refractivity contribution in [2.24, 2.45) is 0 Å². The topological polar surface area (TPSA) is 90.1 Å². The first-order chi connectivity index (χ1) is 9.29. The molecule has 0 saturated carbocycles. The minimum Gasteiger partial charge on any atom is -0.462 e. The van der Waals surface area contributed by atoms with Crippen LogP contribution < -0.4 is 5.32 Å². The van der Waals surface area contributed by atoms with Gasteiger partial charge in [-0.1, -0.05) is 5.16 Å². The highest BCUT2D eigenvalue weighted by Crippen LogP contribution is 2.06. The molecule has 0 unspecified atom stereocenters. The monoisotopic (exact) mass is 262 g/mol. The van der Waals surface area contributed by atoms with Gasteiger partial charge in [0.1, 0.15) is 5.82 Å². The number of carbonyl (C=O) groups excluding carboxylic acids is 1. The summed E-state index contributed by atoms with van der Waals surface area (Å²) in [5.41, 5.74) is 0.436. The van der Waals surface area contributed by atoms with Crippen LogP contribution in [0.2, 0.25) is 0 Å². The van der Waals surface area contributed by atoms with Crippen molar-refractivity contribution in [3.63, 3.8) is 0 Å². The van der Waals surface area contributed by atoms with Crippen LogP contribution in [0.4, 0.5) is 5.82 Å². The van der Waals surface area contributed by atoms with Gasteiger partial charge < -0.3 is 14.6 Å². The second-order valence-electron chi connectivity index (χ2n) is 3.68. The van der Waals surface area contributed by atoms with E-state index < -0.39 is 0 Å². The molecule has 0 amide bonds. The molecule has 2 aromatic heterocycles. The number of hydrogen-bond acceptors (Lipinski definition) is 7. The van der Waals surface area contributed by atoms with E-state index in [9.17, 15) is 4.79 Å². The fourth-order valence-corrected chi connectivity index (χ4v) is 1.44. The van der Waals surface area contributed by atoms with Crippen LogP contribution in [-0.2, 0) is 11.2 Å². The van der Waals surface area contributed by atoms with Gasteiger partial charge in [-0.3, -0.25) is 0 Å². The van der Waals surface area contributed by atoms with E-state index in [0.29, 0.717) is 36.8 Å². The van der Waals surface area contributed by atoms with Crippen LogP contribution in [0.3, 0.4) is 0 Å². The van der Waals surface area contributed by atoms with Gasteiger partial charge >= 0.3 is 5.97 Å². The highest BCUT2D eigenvalue weighted by molar-refractivity contribution is 5.89. The van der Waals surface area contributed by atoms with Gasteiger partial charge in [0.05, 0.1) is 12.2 Å². The molecule has 0 aliphatic rings. The summed E-state index contributed by atoms with van der Waals surface area (Å²) in [6, 6.07) is 3.39. The fourth-order valence-electron chi connectivity index (χ4n) is 1.44. The first-order valence-electron chi connectivity index (χ1n) is 5.92. The van der Waals surface area contributed by atoms with Crippen molar-refractivity contribution < 1.29 is 14.1 Å². The zero-order chi connectivity index (χ0) is 13.5. The van der Waals surface area contributed by atoms with Crippen LogP contribution in [0.5, 0.6) is 0 Å². The van der Waals surface area contributed by atoms with Crippen LogP contribution in [0.25, 0.3) is 0 Å². The van der Waals surface area contributed by atoms with E-state index in [1.54, 1.807) is 19.1 Å². The summed E-state index contributed by atoms with van der Waals surface area (Å²) in [6.45, 7) is 2.74. The number of hydrogen-bond donors (Lipinski definition) is 1. The van der Waals surface area contributed by atoms with Crippen molar-refractivity contribution in [2.45, 2.75) is 13.3 Å². The lowest BCUT2D eigenvalue weighted by molar-refractivity contribution is 0.0526. The number of carbonyl (C=O) groups is 1. The molecule has 0 aliphatic carbocycles. The van der Waals surface area contributed by atoms with Crippen molar-refractivity contribution >= 4 is 11.8 Å². The summed E-state index contributed by atoms with van der Waals surface area (Å²) in [5.74, 6) is 0.945. The molecule has 0 atom stereocenters. The molecule has 0 aliphatic heterocycles. The fraction of sp³-hybridized carbons (Fsp3) is 0.333. The maximum atomic E-state index is 11.4. The van der Waals surface area contributed by atoms with E-state index in [1.807, 2.05) is 0 Å². The van der Waals surface area contributed by atoms with E-state index in [2.05, 4.69) is 25.0 Å². The number of aromatic nitrogens is 3. The molecule has 100 valence electrons. The van der Waals surface area contributed by atoms with Gasteiger partial charge in [-0.05, 0) is 19.1 Å². The second-order valence-corrected chi connectivity index (χ2v) is 3.68. The summed E-state index contributed by atoms with van der Waals surface area (Å²) in [6.07, 6.45) is 3.41. The van der Waals surface area contributed by atoms with Crippen LogP contribution in [-0.4, -0.2) is 34.2 Å². The second kappa shape index (κ2) is 6.48. The first-order valence-corrected chi connectivity index (χ1v) is 5.92. The van der Waals surface area contributed by atoms with E-state index in [0.717, 1.165) is 0 Å². The third kappa shape index (κ3) is 3.77. The van der Waals surface area contributed by atoms with E-state index in [4.69, 9.17) is 4.74 Å². The average Bonchev–Trinajstić information content (AvgIpc) is 2.93. The highest BCUT2D eigenvalue weighted by atomic mass is 16.5. The summed E-state index contributed by atoms with van der Waals surface area (Å²) in [7, 11) is 0. The number of nitrogens with zero attached hydrogens (tertiary/aromatic N) is 3. The number of pyridine rings is 1. The number of anilines is 1. The molecule has 0 radical (unpaired) electrons. The third-order valence-corrected chi connectivity index (χ3v) is 2.34. The third-order valence-electron chi connectivity index (χ3n) is 2.34. The molecule has 0 aromatic carbocycles. The summed E-state index contributed by atoms with van der Waals surface area (Å²) in [5, 5.41) is 6.79. The van der Waals surface area contributed by atoms with Gasteiger partial charge in [-0.15, -0.1) is 0 Å². The van der Waals surface area contributed by atoms with Crippen LogP contribution in [0, 0.1) is 0 Å². The molecule has 2 heterocycles. The molecule has 1 N–H and O–H groups in total. The van der Waals surface area contributed by atoms with E-state index >= 15 is 0 Å². The van der Waals surface area contributed by atoms with Gasteiger partial charge in [-0.25, -0.2) is 9.78 Å². The standard InChI is InChI=1S/C12H14N4O3/c1-2-18-12(17)9-3-4-10(14-7-9)13-6-5-11-15-8-19-16-11/h3-4,7-8H,2,5-6H2,1H3,(H,13,14). The number of esters is 1. The molecule has 2 aromatic rings. The Labute approximate surface area is 110 Å². The largest absolute Gasteiger partial charge is 0.462 e. The predicted molar refractivity (Wildman–Crippen MR) is 66.7 cm³/mol. The van der Waals surface area contributed by atoms with Gasteiger partial charge in [0, 0.05) is 19.2 Å². The van der Waals surface area contributed by atoms with Crippen molar-refractivity contribution in [3.8, 4) is 0 Å². The lowest BCUT2D eigenvalue weighted by atomic mass is 10.3. The van der Waals surface area contributed by atoms with Crippen molar-refractivity contribution in [1.29, 1.82) is 0 Å². The number of nitrogens with one attached hydrogen (secondary N) is 1. The SMILES string of the molecule is CCOC(=O)c1ccc(NCCc2ncon2)nc1. The normalized spacial score (nSPS) is 10.2. The van der Waals surface area contributed by atoms with E-state index in [1.165, 1.54) is 12.6 Å². The molecule has 19 heavy (non-hydrogen) atoms. The Bertz CT molecular complexity index is 510. The Kier molecular flexibility index (Phi) is 4.44. The Morgan fingerprint density at radius 2 is 2.32 bits per heavy atom. The van der Waals surface area contributed by atoms with Crippen molar-refractivity contribution in [2.75, 3.05) is 18.5 Å². The lowest BCUT2D eigenvalue weighted by Crippen LogP contribution is -2.09. The smallest absolute Gasteiger partial charge is 0.339 e. The average molecular weight is 262 g/mol. The van der Waals surface area contributed by atoms with Gasteiger partial charge in [0.15, 0.2) is 5.82 Å². The van der Waals surface area contributed by atoms with Crippen molar-refractivity contribution in [3.05, 3.63) is 36.1 Å². The Hall–Kier alpha value is -2.44. The summed E-state index contributed by atoms with van der Waals surface area (Å²) < 4.78 is 9.50. The minimum absolute atomic E-state index is 0.351. The van der Waals surface area contributed by atoms with E-state index in [-0.39, 0.29) is 5.97 Å². The molecule has 0 saturated heterocycles. The minimum atomic E-state index is -0.367. The quantitative estimate of drug-likeness (QED) is 0.784. The Morgan fingerprint density at radius 3 is 2.95 bits per heavy atom. The molecular weight excluding hydrogens is 248 g/mol. The summed E-state index contributed by atoms with van der Waals surface area (Å²) >= 11 is 0. The molecule has 2 rings (SSSR count). The predicted octanol–water partition coefficient (Wildman–Crippen LogP) is 1.30. The number of rotatable bonds is 6. The maximum Gasteiger partial charge on any atom is 0.339 e.